The summed E-state index contributed by atoms with van der Waals surface area (Å²) in [5.41, 5.74) is 0.958. The zero-order valence-corrected chi connectivity index (χ0v) is 13.6. The van der Waals surface area contributed by atoms with Crippen molar-refractivity contribution in [2.75, 3.05) is 5.32 Å². The second kappa shape index (κ2) is 6.13. The van der Waals surface area contributed by atoms with E-state index in [0.29, 0.717) is 17.1 Å². The minimum atomic E-state index is -4.41. The number of alkyl halides is 3. The van der Waals surface area contributed by atoms with Crippen molar-refractivity contribution in [3.63, 3.8) is 0 Å². The Bertz CT molecular complexity index is 788. The Morgan fingerprint density at radius 1 is 1.21 bits per heavy atom. The van der Waals surface area contributed by atoms with Crippen LogP contribution in [0, 0.1) is 12.8 Å². The van der Waals surface area contributed by atoms with E-state index in [1.165, 1.54) is 12.1 Å². The molecule has 1 fully saturated rings. The van der Waals surface area contributed by atoms with Crippen molar-refractivity contribution in [1.29, 1.82) is 0 Å². The first kappa shape index (κ1) is 16.8. The van der Waals surface area contributed by atoms with E-state index in [2.05, 4.69) is 5.32 Å². The van der Waals surface area contributed by atoms with Gasteiger partial charge in [-0.05, 0) is 48.6 Å². The number of anilines is 1. The van der Waals surface area contributed by atoms with Crippen molar-refractivity contribution < 1.29 is 18.0 Å². The van der Waals surface area contributed by atoms with E-state index in [9.17, 15) is 18.0 Å². The van der Waals surface area contributed by atoms with Crippen LogP contribution in [-0.2, 0) is 11.0 Å². The van der Waals surface area contributed by atoms with Gasteiger partial charge in [-0.15, -0.1) is 0 Å². The summed E-state index contributed by atoms with van der Waals surface area (Å²) in [6, 6.07) is 10.6. The van der Waals surface area contributed by atoms with Crippen LogP contribution >= 0.6 is 11.6 Å². The molecule has 1 aliphatic carbocycles. The Kier molecular flexibility index (Phi) is 4.30. The van der Waals surface area contributed by atoms with Crippen LogP contribution < -0.4 is 5.32 Å². The fraction of sp³-hybridized carbons (Fsp3) is 0.278. The summed E-state index contributed by atoms with van der Waals surface area (Å²) in [6.07, 6.45) is -4.00. The van der Waals surface area contributed by atoms with Crippen molar-refractivity contribution in [3.05, 3.63) is 64.2 Å². The predicted molar refractivity (Wildman–Crippen MR) is 87.1 cm³/mol. The Hall–Kier alpha value is -2.01. The molecule has 0 radical (unpaired) electrons. The van der Waals surface area contributed by atoms with Gasteiger partial charge in [-0.3, -0.25) is 4.79 Å². The summed E-state index contributed by atoms with van der Waals surface area (Å²) >= 11 is 5.91. The molecule has 2 nitrogen and oxygen atoms in total. The molecule has 126 valence electrons. The molecule has 0 spiro atoms. The number of halogens is 4. The molecule has 24 heavy (non-hydrogen) atoms. The van der Waals surface area contributed by atoms with Crippen LogP contribution in [0.25, 0.3) is 0 Å². The highest BCUT2D eigenvalue weighted by Crippen LogP contribution is 2.51. The third-order valence-corrected chi connectivity index (χ3v) is 4.49. The monoisotopic (exact) mass is 353 g/mol. The van der Waals surface area contributed by atoms with Crippen molar-refractivity contribution in [3.8, 4) is 0 Å². The molecule has 1 aliphatic rings. The lowest BCUT2D eigenvalue weighted by Gasteiger charge is -2.13. The lowest BCUT2D eigenvalue weighted by molar-refractivity contribution is -0.138. The third kappa shape index (κ3) is 3.41. The van der Waals surface area contributed by atoms with Gasteiger partial charge in [0.05, 0.1) is 5.56 Å². The van der Waals surface area contributed by atoms with Gasteiger partial charge in [0.15, 0.2) is 0 Å². The summed E-state index contributed by atoms with van der Waals surface area (Å²) in [6.45, 7) is 1.83. The molecule has 3 rings (SSSR count). The summed E-state index contributed by atoms with van der Waals surface area (Å²) < 4.78 is 39.3. The van der Waals surface area contributed by atoms with Crippen molar-refractivity contribution in [2.45, 2.75) is 25.4 Å². The molecular formula is C18H15ClF3NO. The standard InChI is InChI=1S/C18H15ClF3NO/c1-10-6-7-11(19)8-16(10)23-17(24)14-9-13(14)12-4-2-3-5-15(12)18(20,21)22/h2-8,13-14H,9H2,1H3,(H,23,24). The Morgan fingerprint density at radius 3 is 2.62 bits per heavy atom. The average molecular weight is 354 g/mol. The smallest absolute Gasteiger partial charge is 0.326 e. The molecule has 2 aromatic rings. The molecule has 6 heteroatoms. The van der Waals surface area contributed by atoms with Crippen molar-refractivity contribution >= 4 is 23.2 Å². The predicted octanol–water partition coefficient (Wildman–Crippen LogP) is 5.41. The summed E-state index contributed by atoms with van der Waals surface area (Å²) in [4.78, 5) is 12.3. The van der Waals surface area contributed by atoms with Gasteiger partial charge in [-0.1, -0.05) is 35.9 Å². The molecule has 2 unspecified atom stereocenters. The SMILES string of the molecule is Cc1ccc(Cl)cc1NC(=O)C1CC1c1ccccc1C(F)(F)F. The molecule has 0 bridgehead atoms. The van der Waals surface area contributed by atoms with Crippen LogP contribution in [0.4, 0.5) is 18.9 Å². The van der Waals surface area contributed by atoms with Gasteiger partial charge in [-0.25, -0.2) is 0 Å². The number of amides is 1. The van der Waals surface area contributed by atoms with E-state index in [1.54, 1.807) is 24.3 Å². The van der Waals surface area contributed by atoms with Crippen molar-refractivity contribution in [1.82, 2.24) is 0 Å². The maximum atomic E-state index is 13.1. The number of hydrogen-bond acceptors (Lipinski definition) is 1. The Balaban J connectivity index is 1.76. The van der Waals surface area contributed by atoms with Crippen LogP contribution in [0.5, 0.6) is 0 Å². The number of carbonyl (C=O) groups is 1. The summed E-state index contributed by atoms with van der Waals surface area (Å²) in [5.74, 6) is -1.13. The molecule has 1 amide bonds. The summed E-state index contributed by atoms with van der Waals surface area (Å²) in [7, 11) is 0. The van der Waals surface area contributed by atoms with Crippen molar-refractivity contribution in [2.24, 2.45) is 5.92 Å². The highest BCUT2D eigenvalue weighted by atomic mass is 35.5. The van der Waals surface area contributed by atoms with Crippen LogP contribution in [-0.4, -0.2) is 5.91 Å². The van der Waals surface area contributed by atoms with Crippen LogP contribution in [0.3, 0.4) is 0 Å². The number of hydrogen-bond donors (Lipinski definition) is 1. The molecule has 0 heterocycles. The fourth-order valence-electron chi connectivity index (χ4n) is 2.86. The lowest BCUT2D eigenvalue weighted by atomic mass is 10.0. The highest BCUT2D eigenvalue weighted by Gasteiger charge is 2.47. The minimum absolute atomic E-state index is 0.188. The molecule has 2 aromatic carbocycles. The third-order valence-electron chi connectivity index (χ3n) is 4.25. The minimum Gasteiger partial charge on any atom is -0.326 e. The van der Waals surface area contributed by atoms with E-state index in [1.807, 2.05) is 6.92 Å². The number of aryl methyl sites for hydroxylation is 1. The first-order valence-corrected chi connectivity index (χ1v) is 7.88. The first-order chi connectivity index (χ1) is 11.3. The molecule has 2 atom stereocenters. The normalized spacial score (nSPS) is 19.9. The average Bonchev–Trinajstić information content (AvgIpc) is 3.31. The van der Waals surface area contributed by atoms with Crippen LogP contribution in [0.2, 0.25) is 5.02 Å². The topological polar surface area (TPSA) is 29.1 Å². The van der Waals surface area contributed by atoms with E-state index in [-0.39, 0.29) is 11.5 Å². The quantitative estimate of drug-likeness (QED) is 0.785. The second-order valence-corrected chi connectivity index (χ2v) is 6.42. The van der Waals surface area contributed by atoms with Gasteiger partial charge in [0.25, 0.3) is 0 Å². The van der Waals surface area contributed by atoms with Gasteiger partial charge in [0.2, 0.25) is 5.91 Å². The number of benzene rings is 2. The van der Waals surface area contributed by atoms with Crippen LogP contribution in [0.15, 0.2) is 42.5 Å². The molecular weight excluding hydrogens is 339 g/mol. The number of carbonyl (C=O) groups excluding carboxylic acids is 1. The molecule has 1 N–H and O–H groups in total. The van der Waals surface area contributed by atoms with E-state index >= 15 is 0 Å². The van der Waals surface area contributed by atoms with E-state index in [4.69, 9.17) is 11.6 Å². The fourth-order valence-corrected chi connectivity index (χ4v) is 3.03. The van der Waals surface area contributed by atoms with Gasteiger partial charge >= 0.3 is 6.18 Å². The lowest BCUT2D eigenvalue weighted by Crippen LogP contribution is -2.16. The molecule has 1 saturated carbocycles. The van der Waals surface area contributed by atoms with Crippen LogP contribution in [0.1, 0.15) is 29.0 Å². The number of nitrogens with one attached hydrogen (secondary N) is 1. The van der Waals surface area contributed by atoms with Gasteiger partial charge in [0.1, 0.15) is 0 Å². The van der Waals surface area contributed by atoms with Gasteiger partial charge in [0, 0.05) is 16.6 Å². The maximum Gasteiger partial charge on any atom is 0.416 e. The zero-order valence-electron chi connectivity index (χ0n) is 12.8. The maximum absolute atomic E-state index is 13.1. The Morgan fingerprint density at radius 2 is 1.92 bits per heavy atom. The van der Waals surface area contributed by atoms with E-state index < -0.39 is 23.6 Å². The number of rotatable bonds is 3. The van der Waals surface area contributed by atoms with Gasteiger partial charge in [-0.2, -0.15) is 13.2 Å². The Labute approximate surface area is 142 Å². The zero-order chi connectivity index (χ0) is 17.5. The van der Waals surface area contributed by atoms with E-state index in [0.717, 1.165) is 11.6 Å². The summed E-state index contributed by atoms with van der Waals surface area (Å²) in [5, 5.41) is 3.26. The highest BCUT2D eigenvalue weighted by molar-refractivity contribution is 6.31. The molecule has 0 aliphatic heterocycles. The van der Waals surface area contributed by atoms with Gasteiger partial charge < -0.3 is 5.32 Å². The first-order valence-electron chi connectivity index (χ1n) is 7.50. The molecule has 0 saturated heterocycles. The second-order valence-electron chi connectivity index (χ2n) is 5.98. The molecule has 0 aromatic heterocycles. The largest absolute Gasteiger partial charge is 0.416 e.